The third-order valence-corrected chi connectivity index (χ3v) is 5.25. The van der Waals surface area contributed by atoms with Crippen LogP contribution in [0.25, 0.3) is 0 Å². The van der Waals surface area contributed by atoms with Gasteiger partial charge in [-0.05, 0) is 77.0 Å². The molecule has 0 saturated heterocycles. The van der Waals surface area contributed by atoms with E-state index in [1.54, 1.807) is 0 Å². The second kappa shape index (κ2) is 50.0. The van der Waals surface area contributed by atoms with Crippen molar-refractivity contribution in [3.05, 3.63) is 72.9 Å². The fraction of sp³-hybridized carbons (Fsp3) is 0.586. The Bertz CT molecular complexity index is 378. The predicted octanol–water partition coefficient (Wildman–Crippen LogP) is 9.15. The maximum atomic E-state index is 2.27. The van der Waals surface area contributed by atoms with Gasteiger partial charge in [-0.2, -0.15) is 0 Å². The van der Waals surface area contributed by atoms with Crippen molar-refractivity contribution in [1.29, 1.82) is 0 Å². The van der Waals surface area contributed by atoms with Crippen LogP contribution in [0.2, 0.25) is 0 Å². The number of thiol groups is 3. The minimum Gasteiger partial charge on any atom is -0.813 e. The molecule has 0 N–H and O–H groups in total. The van der Waals surface area contributed by atoms with Crippen molar-refractivity contribution in [2.45, 2.75) is 109 Å². The SMILES string of the molecule is C1=C\CC/C=C\CC/1.C1=C\CC/C=C\CC/1.C1=C\CC/C=C\CC/1.C1CCCC1.[Rh].[Rh].[Rh].[SH-].[SH-].[SH-].[Ti]. The van der Waals surface area contributed by atoms with Crippen LogP contribution in [0.1, 0.15) is 109 Å². The zero-order chi connectivity index (χ0) is 20.5. The third-order valence-electron chi connectivity index (χ3n) is 5.25. The van der Waals surface area contributed by atoms with Crippen molar-refractivity contribution in [3.8, 4) is 0 Å². The molecule has 0 bridgehead atoms. The molecule has 3 radical (unpaired) electrons. The maximum Gasteiger partial charge on any atom is 0 e. The molecular formula is C29H49Rh3S3Ti-3. The smallest absolute Gasteiger partial charge is 0 e. The molecular weight excluding hydrogens is 801 g/mol. The fourth-order valence-corrected chi connectivity index (χ4v) is 3.45. The van der Waals surface area contributed by atoms with E-state index in [0.717, 1.165) is 0 Å². The zero-order valence-electron chi connectivity index (χ0n) is 21.8. The van der Waals surface area contributed by atoms with Crippen LogP contribution in [-0.2, 0) is 121 Å². The summed E-state index contributed by atoms with van der Waals surface area (Å²) in [5.41, 5.74) is 0. The van der Waals surface area contributed by atoms with Crippen LogP contribution in [-0.4, -0.2) is 0 Å². The summed E-state index contributed by atoms with van der Waals surface area (Å²) < 4.78 is 0. The molecule has 0 aromatic rings. The quantitative estimate of drug-likeness (QED) is 0.103. The van der Waals surface area contributed by atoms with Crippen molar-refractivity contribution >= 4 is 40.5 Å². The van der Waals surface area contributed by atoms with Crippen molar-refractivity contribution in [3.63, 3.8) is 0 Å². The Hall–Kier alpha value is 2.07. The number of rotatable bonds is 0. The average molecular weight is 850 g/mol. The largest absolute Gasteiger partial charge is 0.813 e. The standard InChI is InChI=1S/3C8H12.C5H10.3Rh.3H2S.Ti/c3*1-2-4-6-8-7-5-3-1;1-2-4-5-3-1;;;;;;;/h3*1-2,7-8H,3-6H2;1-5H2;;;;3*1H2;/p-3/b3*2-1-,8-7-;;;;;;;;. The van der Waals surface area contributed by atoms with Gasteiger partial charge >= 0.3 is 0 Å². The summed E-state index contributed by atoms with van der Waals surface area (Å²) >= 11 is 0. The van der Waals surface area contributed by atoms with Crippen molar-refractivity contribution in [2.24, 2.45) is 0 Å². The predicted molar refractivity (Wildman–Crippen MR) is 160 cm³/mol. The van der Waals surface area contributed by atoms with E-state index in [9.17, 15) is 0 Å². The molecule has 7 heteroatoms. The van der Waals surface area contributed by atoms with Crippen LogP contribution in [0.5, 0.6) is 0 Å². The second-order valence-electron chi connectivity index (χ2n) is 8.06. The summed E-state index contributed by atoms with van der Waals surface area (Å²) in [5.74, 6) is 0. The summed E-state index contributed by atoms with van der Waals surface area (Å²) in [6, 6.07) is 0. The number of allylic oxidation sites excluding steroid dienone is 12. The van der Waals surface area contributed by atoms with Gasteiger partial charge in [-0.1, -0.05) is 105 Å². The Balaban J connectivity index is -0.0000000591. The molecule has 0 heterocycles. The van der Waals surface area contributed by atoms with E-state index >= 15 is 0 Å². The van der Waals surface area contributed by atoms with Gasteiger partial charge in [0, 0.05) is 80.2 Å². The summed E-state index contributed by atoms with van der Waals surface area (Å²) in [4.78, 5) is 0. The van der Waals surface area contributed by atoms with Gasteiger partial charge in [0.15, 0.2) is 0 Å². The van der Waals surface area contributed by atoms with Gasteiger partial charge in [-0.3, -0.25) is 0 Å². The van der Waals surface area contributed by atoms with Crippen LogP contribution in [0.4, 0.5) is 0 Å². The van der Waals surface area contributed by atoms with E-state index in [0.29, 0.717) is 0 Å². The molecule has 0 atom stereocenters. The van der Waals surface area contributed by atoms with E-state index in [1.807, 2.05) is 0 Å². The average Bonchev–Trinajstić information content (AvgIpc) is 3.21. The minimum absolute atomic E-state index is 0. The first-order valence-corrected chi connectivity index (χ1v) is 12.4. The molecule has 0 spiro atoms. The van der Waals surface area contributed by atoms with E-state index in [4.69, 9.17) is 0 Å². The van der Waals surface area contributed by atoms with Crippen LogP contribution in [0, 0.1) is 0 Å². The van der Waals surface area contributed by atoms with E-state index in [-0.39, 0.29) is 121 Å². The van der Waals surface area contributed by atoms with E-state index in [1.165, 1.54) is 109 Å². The Morgan fingerprint density at radius 1 is 0.222 bits per heavy atom. The molecule has 217 valence electrons. The zero-order valence-corrected chi connectivity index (χ0v) is 31.0. The topological polar surface area (TPSA) is 0 Å². The van der Waals surface area contributed by atoms with Gasteiger partial charge in [-0.15, -0.1) is 0 Å². The van der Waals surface area contributed by atoms with E-state index in [2.05, 4.69) is 72.9 Å². The Morgan fingerprint density at radius 2 is 0.306 bits per heavy atom. The summed E-state index contributed by atoms with van der Waals surface area (Å²) in [5, 5.41) is 0. The Labute approximate surface area is 299 Å². The van der Waals surface area contributed by atoms with Crippen LogP contribution < -0.4 is 0 Å². The first-order valence-electron chi connectivity index (χ1n) is 12.4. The molecule has 0 aromatic heterocycles. The first kappa shape index (κ1) is 54.2. The Kier molecular flexibility index (Phi) is 75.2. The van der Waals surface area contributed by atoms with E-state index < -0.39 is 0 Å². The molecule has 0 nitrogen and oxygen atoms in total. The molecule has 0 unspecified atom stereocenters. The van der Waals surface area contributed by atoms with Crippen molar-refractivity contribution in [2.75, 3.05) is 0 Å². The molecule has 0 aromatic carbocycles. The van der Waals surface area contributed by atoms with Crippen molar-refractivity contribution < 1.29 is 80.2 Å². The van der Waals surface area contributed by atoms with Gasteiger partial charge in [0.1, 0.15) is 0 Å². The van der Waals surface area contributed by atoms with Gasteiger partial charge in [0.25, 0.3) is 0 Å². The number of hydrogen-bond acceptors (Lipinski definition) is 3. The van der Waals surface area contributed by atoms with Crippen LogP contribution in [0.3, 0.4) is 0 Å². The monoisotopic (exact) mass is 850 g/mol. The third kappa shape index (κ3) is 46.0. The van der Waals surface area contributed by atoms with Crippen molar-refractivity contribution in [1.82, 2.24) is 0 Å². The van der Waals surface area contributed by atoms with Gasteiger partial charge in [0.2, 0.25) is 0 Å². The molecule has 4 aliphatic carbocycles. The minimum atomic E-state index is 0. The molecule has 0 amide bonds. The summed E-state index contributed by atoms with van der Waals surface area (Å²) in [6.45, 7) is 0. The van der Waals surface area contributed by atoms with Crippen LogP contribution >= 0.6 is 0 Å². The summed E-state index contributed by atoms with van der Waals surface area (Å²) in [6.07, 6.45) is 49.5. The molecule has 1 fully saturated rings. The van der Waals surface area contributed by atoms with Gasteiger partial charge < -0.3 is 40.5 Å². The normalized spacial score (nSPS) is 22.0. The second-order valence-corrected chi connectivity index (χ2v) is 8.06. The van der Waals surface area contributed by atoms with Crippen LogP contribution in [0.15, 0.2) is 72.9 Å². The fourth-order valence-electron chi connectivity index (χ4n) is 3.45. The first-order chi connectivity index (χ1) is 14.5. The molecule has 0 aliphatic heterocycles. The molecule has 36 heavy (non-hydrogen) atoms. The van der Waals surface area contributed by atoms with Gasteiger partial charge in [-0.25, -0.2) is 0 Å². The molecule has 4 aliphatic rings. The maximum absolute atomic E-state index is 2.27. The summed E-state index contributed by atoms with van der Waals surface area (Å²) in [7, 11) is 0. The molecule has 4 rings (SSSR count). The number of hydrogen-bond donors (Lipinski definition) is 0. The molecule has 1 saturated carbocycles. The Morgan fingerprint density at radius 3 is 0.389 bits per heavy atom. The van der Waals surface area contributed by atoms with Gasteiger partial charge in [0.05, 0.1) is 0 Å².